The Hall–Kier alpha value is -0.280. The van der Waals surface area contributed by atoms with Gasteiger partial charge >= 0.3 is 0 Å². The van der Waals surface area contributed by atoms with Crippen LogP contribution in [0.1, 0.15) is 32.6 Å². The highest BCUT2D eigenvalue weighted by molar-refractivity contribution is 6.30. The quantitative estimate of drug-likeness (QED) is 0.706. The van der Waals surface area contributed by atoms with Crippen LogP contribution in [-0.2, 0) is 4.79 Å². The predicted octanol–water partition coefficient (Wildman–Crippen LogP) is 1.70. The highest BCUT2D eigenvalue weighted by Crippen LogP contribution is 2.25. The minimum absolute atomic E-state index is 0.123. The van der Waals surface area contributed by atoms with Crippen LogP contribution in [-0.4, -0.2) is 53.3 Å². The molecule has 1 saturated heterocycles. The molecule has 1 unspecified atom stereocenters. The molecular formula is C12H21ClN2O. The number of carbonyl (C=O) groups excluding carboxylic acids is 1. The Balaban J connectivity index is 1.77. The summed E-state index contributed by atoms with van der Waals surface area (Å²) >= 11 is 5.98. The maximum atomic E-state index is 11.9. The summed E-state index contributed by atoms with van der Waals surface area (Å²) in [4.78, 5) is 16.3. The van der Waals surface area contributed by atoms with Gasteiger partial charge in [-0.15, -0.1) is 11.6 Å². The molecule has 0 aromatic heterocycles. The smallest absolute Gasteiger partial charge is 0.240 e. The van der Waals surface area contributed by atoms with Gasteiger partial charge in [0.25, 0.3) is 0 Å². The van der Waals surface area contributed by atoms with Crippen molar-refractivity contribution in [3.8, 4) is 0 Å². The maximum Gasteiger partial charge on any atom is 0.240 e. The molecule has 1 aliphatic carbocycles. The van der Waals surface area contributed by atoms with Crippen LogP contribution < -0.4 is 0 Å². The van der Waals surface area contributed by atoms with Crippen molar-refractivity contribution in [1.29, 1.82) is 0 Å². The van der Waals surface area contributed by atoms with Gasteiger partial charge in [0.1, 0.15) is 5.38 Å². The molecule has 16 heavy (non-hydrogen) atoms. The third kappa shape index (κ3) is 2.51. The van der Waals surface area contributed by atoms with Crippen LogP contribution in [0.2, 0.25) is 0 Å². The summed E-state index contributed by atoms with van der Waals surface area (Å²) in [6, 6.07) is 0.801. The lowest BCUT2D eigenvalue weighted by Crippen LogP contribution is -2.54. The highest BCUT2D eigenvalue weighted by atomic mass is 35.5. The second kappa shape index (κ2) is 5.37. The Morgan fingerprint density at radius 1 is 1.31 bits per heavy atom. The zero-order chi connectivity index (χ0) is 11.5. The molecule has 1 saturated carbocycles. The summed E-state index contributed by atoms with van der Waals surface area (Å²) in [6.07, 6.45) is 4.80. The van der Waals surface area contributed by atoms with Gasteiger partial charge in [-0.3, -0.25) is 9.69 Å². The van der Waals surface area contributed by atoms with E-state index in [0.717, 1.165) is 38.6 Å². The first-order valence-corrected chi connectivity index (χ1v) is 6.83. The van der Waals surface area contributed by atoms with E-state index in [1.54, 1.807) is 0 Å². The van der Waals surface area contributed by atoms with Gasteiger partial charge in [-0.05, 0) is 19.3 Å². The number of hydrogen-bond donors (Lipinski definition) is 0. The molecule has 0 bridgehead atoms. The van der Waals surface area contributed by atoms with E-state index in [9.17, 15) is 4.79 Å². The van der Waals surface area contributed by atoms with E-state index in [2.05, 4.69) is 4.90 Å². The summed E-state index contributed by atoms with van der Waals surface area (Å²) in [5, 5.41) is -0.324. The average molecular weight is 245 g/mol. The Kier molecular flexibility index (Phi) is 4.09. The van der Waals surface area contributed by atoms with Crippen molar-refractivity contribution < 1.29 is 4.79 Å². The summed E-state index contributed by atoms with van der Waals surface area (Å²) < 4.78 is 0. The Morgan fingerprint density at radius 3 is 2.38 bits per heavy atom. The summed E-state index contributed by atoms with van der Waals surface area (Å²) in [5.41, 5.74) is 0. The molecular weight excluding hydrogens is 224 g/mol. The van der Waals surface area contributed by atoms with Crippen molar-refractivity contribution in [3.63, 3.8) is 0 Å². The van der Waals surface area contributed by atoms with Crippen molar-refractivity contribution in [2.75, 3.05) is 26.2 Å². The average Bonchev–Trinajstić information content (AvgIpc) is 2.26. The second-order valence-corrected chi connectivity index (χ2v) is 5.35. The molecule has 2 aliphatic rings. The number of rotatable bonds is 3. The largest absolute Gasteiger partial charge is 0.339 e. The molecule has 0 aromatic carbocycles. The number of nitrogens with zero attached hydrogens (tertiary/aromatic N) is 2. The monoisotopic (exact) mass is 244 g/mol. The number of carbonyl (C=O) groups is 1. The third-order valence-corrected chi connectivity index (χ3v) is 4.34. The number of hydrogen-bond acceptors (Lipinski definition) is 2. The minimum atomic E-state index is -0.324. The molecule has 3 nitrogen and oxygen atoms in total. The molecule has 1 atom stereocenters. The first-order valence-electron chi connectivity index (χ1n) is 6.39. The standard InChI is InChI=1S/C12H21ClN2O/c1-2-11(13)12(16)15-8-6-14(7-9-15)10-4-3-5-10/h10-11H,2-9H2,1H3. The molecule has 0 spiro atoms. The van der Waals surface area contributed by atoms with Gasteiger partial charge in [0.05, 0.1) is 0 Å². The van der Waals surface area contributed by atoms with Crippen LogP contribution in [0.4, 0.5) is 0 Å². The van der Waals surface area contributed by atoms with E-state index in [1.807, 2.05) is 11.8 Å². The molecule has 92 valence electrons. The Labute approximate surface area is 103 Å². The molecule has 1 aliphatic heterocycles. The van der Waals surface area contributed by atoms with Gasteiger partial charge in [-0.1, -0.05) is 13.3 Å². The fourth-order valence-corrected chi connectivity index (χ4v) is 2.57. The predicted molar refractivity (Wildman–Crippen MR) is 65.7 cm³/mol. The van der Waals surface area contributed by atoms with Crippen LogP contribution in [0.3, 0.4) is 0 Å². The summed E-state index contributed by atoms with van der Waals surface area (Å²) in [7, 11) is 0. The van der Waals surface area contributed by atoms with E-state index >= 15 is 0 Å². The van der Waals surface area contributed by atoms with E-state index in [0.29, 0.717) is 0 Å². The van der Waals surface area contributed by atoms with Crippen LogP contribution >= 0.6 is 11.6 Å². The summed E-state index contributed by atoms with van der Waals surface area (Å²) in [6.45, 7) is 5.74. The molecule has 0 aromatic rings. The number of halogens is 1. The highest BCUT2D eigenvalue weighted by Gasteiger charge is 2.30. The SMILES string of the molecule is CCC(Cl)C(=O)N1CCN(C2CCC2)CC1. The van der Waals surface area contributed by atoms with Crippen molar-refractivity contribution >= 4 is 17.5 Å². The van der Waals surface area contributed by atoms with Crippen LogP contribution in [0.15, 0.2) is 0 Å². The molecule has 2 fully saturated rings. The number of alkyl halides is 1. The van der Waals surface area contributed by atoms with E-state index in [4.69, 9.17) is 11.6 Å². The lowest BCUT2D eigenvalue weighted by atomic mass is 9.91. The van der Waals surface area contributed by atoms with Crippen molar-refractivity contribution in [1.82, 2.24) is 9.80 Å². The molecule has 0 radical (unpaired) electrons. The van der Waals surface area contributed by atoms with Crippen molar-refractivity contribution in [2.45, 2.75) is 44.0 Å². The lowest BCUT2D eigenvalue weighted by Gasteiger charge is -2.43. The first-order chi connectivity index (χ1) is 7.72. The van der Waals surface area contributed by atoms with Gasteiger partial charge in [0.2, 0.25) is 5.91 Å². The van der Waals surface area contributed by atoms with Gasteiger partial charge in [-0.25, -0.2) is 0 Å². The third-order valence-electron chi connectivity index (χ3n) is 3.84. The zero-order valence-electron chi connectivity index (χ0n) is 9.99. The fraction of sp³-hybridized carbons (Fsp3) is 0.917. The van der Waals surface area contributed by atoms with E-state index < -0.39 is 0 Å². The molecule has 0 N–H and O–H groups in total. The van der Waals surface area contributed by atoms with Gasteiger partial charge in [-0.2, -0.15) is 0 Å². The van der Waals surface area contributed by atoms with E-state index in [1.165, 1.54) is 19.3 Å². The first kappa shape index (κ1) is 12.2. The topological polar surface area (TPSA) is 23.6 Å². The van der Waals surface area contributed by atoms with Gasteiger partial charge in [0.15, 0.2) is 0 Å². The molecule has 2 rings (SSSR count). The molecule has 4 heteroatoms. The zero-order valence-corrected chi connectivity index (χ0v) is 10.7. The Morgan fingerprint density at radius 2 is 1.94 bits per heavy atom. The van der Waals surface area contributed by atoms with Crippen LogP contribution in [0, 0.1) is 0 Å². The van der Waals surface area contributed by atoms with Crippen LogP contribution in [0.25, 0.3) is 0 Å². The van der Waals surface area contributed by atoms with Gasteiger partial charge in [0, 0.05) is 32.2 Å². The van der Waals surface area contributed by atoms with Crippen LogP contribution in [0.5, 0.6) is 0 Å². The van der Waals surface area contributed by atoms with Gasteiger partial charge < -0.3 is 4.90 Å². The van der Waals surface area contributed by atoms with E-state index in [-0.39, 0.29) is 11.3 Å². The lowest BCUT2D eigenvalue weighted by molar-refractivity contribution is -0.133. The second-order valence-electron chi connectivity index (χ2n) is 4.82. The van der Waals surface area contributed by atoms with Crippen molar-refractivity contribution in [3.05, 3.63) is 0 Å². The maximum absolute atomic E-state index is 11.9. The number of amides is 1. The van der Waals surface area contributed by atoms with Crippen molar-refractivity contribution in [2.24, 2.45) is 0 Å². The fourth-order valence-electron chi connectivity index (χ4n) is 2.43. The normalized spacial score (nSPS) is 25.2. The summed E-state index contributed by atoms with van der Waals surface area (Å²) in [5.74, 6) is 0.123. The number of piperazine rings is 1. The Bertz CT molecular complexity index is 247. The molecule has 1 heterocycles. The minimum Gasteiger partial charge on any atom is -0.339 e. The molecule has 1 amide bonds.